The van der Waals surface area contributed by atoms with E-state index in [0.29, 0.717) is 12.5 Å². The molecule has 1 fully saturated rings. The minimum Gasteiger partial charge on any atom is -0.347 e. The number of hydrogen-bond donors (Lipinski definition) is 0. The van der Waals surface area contributed by atoms with Crippen molar-refractivity contribution in [2.45, 2.75) is 51.9 Å². The van der Waals surface area contributed by atoms with Gasteiger partial charge in [-0.1, -0.05) is 33.3 Å². The van der Waals surface area contributed by atoms with Gasteiger partial charge in [0.25, 0.3) is 0 Å². The normalized spacial score (nSPS) is 34.4. The van der Waals surface area contributed by atoms with Crippen molar-refractivity contribution < 1.29 is 9.47 Å². The van der Waals surface area contributed by atoms with E-state index in [4.69, 9.17) is 9.47 Å². The fourth-order valence-corrected chi connectivity index (χ4v) is 1.81. The summed E-state index contributed by atoms with van der Waals surface area (Å²) in [6, 6.07) is 0. The molecule has 0 spiro atoms. The highest BCUT2D eigenvalue weighted by Crippen LogP contribution is 2.34. The molecule has 1 aliphatic rings. The number of hydrogen-bond acceptors (Lipinski definition) is 2. The van der Waals surface area contributed by atoms with Crippen LogP contribution in [0, 0.1) is 5.92 Å². The van der Waals surface area contributed by atoms with E-state index in [9.17, 15) is 0 Å². The molecule has 14 heavy (non-hydrogen) atoms. The van der Waals surface area contributed by atoms with Crippen LogP contribution in [0.5, 0.6) is 0 Å². The average molecular weight is 198 g/mol. The Labute approximate surface area is 87.3 Å². The van der Waals surface area contributed by atoms with Crippen molar-refractivity contribution in [2.75, 3.05) is 6.61 Å². The fourth-order valence-electron chi connectivity index (χ4n) is 1.81. The molecule has 1 heterocycles. The maximum Gasteiger partial charge on any atom is 0.169 e. The maximum absolute atomic E-state index is 5.88. The van der Waals surface area contributed by atoms with Crippen molar-refractivity contribution in [1.82, 2.24) is 0 Å². The summed E-state index contributed by atoms with van der Waals surface area (Å²) in [5.41, 5.74) is 0. The monoisotopic (exact) mass is 198 g/mol. The summed E-state index contributed by atoms with van der Waals surface area (Å²) in [6.45, 7) is 11.0. The third-order valence-corrected chi connectivity index (χ3v) is 3.03. The average Bonchev–Trinajstić information content (AvgIpc) is 2.62. The molecule has 1 rings (SSSR count). The second kappa shape index (κ2) is 4.94. The zero-order valence-electron chi connectivity index (χ0n) is 9.58. The molecule has 0 aliphatic carbocycles. The molecule has 0 aromatic rings. The predicted molar refractivity (Wildman–Crippen MR) is 58.1 cm³/mol. The van der Waals surface area contributed by atoms with Crippen LogP contribution in [0.4, 0.5) is 0 Å². The third kappa shape index (κ3) is 2.58. The van der Waals surface area contributed by atoms with Crippen molar-refractivity contribution >= 4 is 0 Å². The van der Waals surface area contributed by atoms with Crippen molar-refractivity contribution in [2.24, 2.45) is 5.92 Å². The Morgan fingerprint density at radius 3 is 2.71 bits per heavy atom. The molecule has 0 bridgehead atoms. The Morgan fingerprint density at radius 2 is 2.29 bits per heavy atom. The van der Waals surface area contributed by atoms with Crippen LogP contribution in [-0.2, 0) is 9.47 Å². The van der Waals surface area contributed by atoms with E-state index in [-0.39, 0.29) is 11.9 Å². The molecule has 0 radical (unpaired) electrons. The lowest BCUT2D eigenvalue weighted by molar-refractivity contribution is -0.177. The first-order chi connectivity index (χ1) is 6.65. The van der Waals surface area contributed by atoms with E-state index in [2.05, 4.69) is 27.4 Å². The summed E-state index contributed by atoms with van der Waals surface area (Å²) in [5, 5.41) is 0. The highest BCUT2D eigenvalue weighted by atomic mass is 16.7. The SMILES string of the molecule is C=CC1COC(CC)(CC(C)CC)O1. The Balaban J connectivity index is 2.55. The van der Waals surface area contributed by atoms with Crippen LogP contribution in [0.1, 0.15) is 40.0 Å². The lowest BCUT2D eigenvalue weighted by atomic mass is 9.97. The van der Waals surface area contributed by atoms with Crippen molar-refractivity contribution in [3.8, 4) is 0 Å². The number of ether oxygens (including phenoxy) is 2. The van der Waals surface area contributed by atoms with Crippen LogP contribution in [0.2, 0.25) is 0 Å². The Kier molecular flexibility index (Phi) is 4.14. The van der Waals surface area contributed by atoms with Gasteiger partial charge in [-0.25, -0.2) is 0 Å². The minimum atomic E-state index is -0.339. The highest BCUT2D eigenvalue weighted by Gasteiger charge is 2.39. The molecule has 82 valence electrons. The molecule has 0 N–H and O–H groups in total. The van der Waals surface area contributed by atoms with E-state index in [1.165, 1.54) is 6.42 Å². The molecule has 0 aromatic heterocycles. The zero-order chi connectivity index (χ0) is 10.6. The van der Waals surface area contributed by atoms with Gasteiger partial charge < -0.3 is 9.47 Å². The van der Waals surface area contributed by atoms with Crippen LogP contribution >= 0.6 is 0 Å². The first-order valence-corrected chi connectivity index (χ1v) is 5.60. The quantitative estimate of drug-likeness (QED) is 0.632. The van der Waals surface area contributed by atoms with Gasteiger partial charge in [-0.05, 0) is 12.3 Å². The first-order valence-electron chi connectivity index (χ1n) is 5.60. The molecular weight excluding hydrogens is 176 g/mol. The van der Waals surface area contributed by atoms with Gasteiger partial charge in [-0.3, -0.25) is 0 Å². The molecule has 1 saturated heterocycles. The summed E-state index contributed by atoms with van der Waals surface area (Å²) < 4.78 is 11.7. The van der Waals surface area contributed by atoms with E-state index in [1.54, 1.807) is 0 Å². The molecular formula is C12H22O2. The van der Waals surface area contributed by atoms with E-state index in [1.807, 2.05) is 6.08 Å². The second-order valence-corrected chi connectivity index (χ2v) is 4.18. The van der Waals surface area contributed by atoms with Crippen molar-refractivity contribution in [1.29, 1.82) is 0 Å². The first kappa shape index (κ1) is 11.7. The van der Waals surface area contributed by atoms with Crippen LogP contribution < -0.4 is 0 Å². The van der Waals surface area contributed by atoms with Crippen LogP contribution in [0.15, 0.2) is 12.7 Å². The van der Waals surface area contributed by atoms with Gasteiger partial charge in [0.2, 0.25) is 0 Å². The topological polar surface area (TPSA) is 18.5 Å². The second-order valence-electron chi connectivity index (χ2n) is 4.18. The molecule has 2 nitrogen and oxygen atoms in total. The maximum atomic E-state index is 5.88. The molecule has 1 aliphatic heterocycles. The van der Waals surface area contributed by atoms with Gasteiger partial charge >= 0.3 is 0 Å². The van der Waals surface area contributed by atoms with Crippen molar-refractivity contribution in [3.63, 3.8) is 0 Å². The highest BCUT2D eigenvalue weighted by molar-refractivity contribution is 4.88. The van der Waals surface area contributed by atoms with Gasteiger partial charge in [-0.15, -0.1) is 6.58 Å². The summed E-state index contributed by atoms with van der Waals surface area (Å²) in [6.07, 6.45) is 4.99. The minimum absolute atomic E-state index is 0.0824. The number of rotatable bonds is 5. The Hall–Kier alpha value is -0.340. The lowest BCUT2D eigenvalue weighted by Gasteiger charge is -2.29. The van der Waals surface area contributed by atoms with Crippen molar-refractivity contribution in [3.05, 3.63) is 12.7 Å². The van der Waals surface area contributed by atoms with Gasteiger partial charge in [0.1, 0.15) is 6.10 Å². The Bertz CT molecular complexity index is 191. The molecule has 3 unspecified atom stereocenters. The zero-order valence-corrected chi connectivity index (χ0v) is 9.58. The van der Waals surface area contributed by atoms with Gasteiger partial charge in [0.15, 0.2) is 5.79 Å². The summed E-state index contributed by atoms with van der Waals surface area (Å²) in [4.78, 5) is 0. The van der Waals surface area contributed by atoms with Crippen LogP contribution in [0.25, 0.3) is 0 Å². The molecule has 3 atom stereocenters. The van der Waals surface area contributed by atoms with E-state index < -0.39 is 0 Å². The van der Waals surface area contributed by atoms with Crippen LogP contribution in [0.3, 0.4) is 0 Å². The van der Waals surface area contributed by atoms with Gasteiger partial charge in [-0.2, -0.15) is 0 Å². The standard InChI is InChI=1S/C12H22O2/c1-5-10(4)8-12(7-3)13-9-11(6-2)14-12/h6,10-11H,2,5,7-9H2,1,3-4H3. The smallest absolute Gasteiger partial charge is 0.169 e. The molecule has 0 aromatic carbocycles. The lowest BCUT2D eigenvalue weighted by Crippen LogP contribution is -2.32. The Morgan fingerprint density at radius 1 is 1.57 bits per heavy atom. The molecule has 0 amide bonds. The van der Waals surface area contributed by atoms with E-state index in [0.717, 1.165) is 12.8 Å². The van der Waals surface area contributed by atoms with Gasteiger partial charge in [0.05, 0.1) is 6.61 Å². The summed E-state index contributed by atoms with van der Waals surface area (Å²) >= 11 is 0. The van der Waals surface area contributed by atoms with E-state index >= 15 is 0 Å². The van der Waals surface area contributed by atoms with Gasteiger partial charge in [0, 0.05) is 6.42 Å². The molecule has 2 heteroatoms. The summed E-state index contributed by atoms with van der Waals surface area (Å²) in [5.74, 6) is 0.312. The van der Waals surface area contributed by atoms with Crippen LogP contribution in [-0.4, -0.2) is 18.5 Å². The molecule has 0 saturated carbocycles. The third-order valence-electron chi connectivity index (χ3n) is 3.03. The predicted octanol–water partition coefficient (Wildman–Crippen LogP) is 3.13. The summed E-state index contributed by atoms with van der Waals surface area (Å²) in [7, 11) is 0. The largest absolute Gasteiger partial charge is 0.347 e. The fraction of sp³-hybridized carbons (Fsp3) is 0.833.